The number of rotatable bonds is 6. The van der Waals surface area contributed by atoms with Crippen LogP contribution in [0, 0.1) is 11.3 Å². The Hall–Kier alpha value is -3.61. The fraction of sp³-hybridized carbons (Fsp3) is 0.346. The van der Waals surface area contributed by atoms with Crippen molar-refractivity contribution in [2.24, 2.45) is 0 Å². The lowest BCUT2D eigenvalue weighted by molar-refractivity contribution is 0.0223. The molecule has 9 nitrogen and oxygen atoms in total. The van der Waals surface area contributed by atoms with Gasteiger partial charge in [-0.2, -0.15) is 5.26 Å². The van der Waals surface area contributed by atoms with Crippen LogP contribution >= 0.6 is 23.2 Å². The van der Waals surface area contributed by atoms with Crippen molar-refractivity contribution in [1.82, 2.24) is 19.9 Å². The molecule has 0 unspecified atom stereocenters. The van der Waals surface area contributed by atoms with Crippen molar-refractivity contribution in [3.05, 3.63) is 63.4 Å². The van der Waals surface area contributed by atoms with E-state index in [-0.39, 0.29) is 6.09 Å². The molecule has 2 N–H and O–H groups in total. The molecule has 11 heteroatoms. The fourth-order valence-corrected chi connectivity index (χ4v) is 4.31. The normalized spacial score (nSPS) is 12.9. The minimum absolute atomic E-state index is 0.310. The summed E-state index contributed by atoms with van der Waals surface area (Å²) in [6.07, 6.45) is 1.69. The van der Waals surface area contributed by atoms with E-state index in [0.717, 1.165) is 11.3 Å². The van der Waals surface area contributed by atoms with Gasteiger partial charge in [0, 0.05) is 48.4 Å². The van der Waals surface area contributed by atoms with Gasteiger partial charge in [-0.05, 0) is 51.1 Å². The third-order valence-corrected chi connectivity index (χ3v) is 6.05. The van der Waals surface area contributed by atoms with Crippen molar-refractivity contribution < 1.29 is 9.53 Å². The molecule has 1 amide bonds. The van der Waals surface area contributed by atoms with Crippen molar-refractivity contribution in [1.29, 1.82) is 5.26 Å². The van der Waals surface area contributed by atoms with Gasteiger partial charge < -0.3 is 20.3 Å². The van der Waals surface area contributed by atoms with Gasteiger partial charge >= 0.3 is 6.09 Å². The predicted molar refractivity (Wildman–Crippen MR) is 144 cm³/mol. The number of ether oxygens (including phenoxy) is 1. The molecule has 4 rings (SSSR count). The van der Waals surface area contributed by atoms with E-state index in [9.17, 15) is 4.79 Å². The number of halogens is 2. The first-order chi connectivity index (χ1) is 17.6. The van der Waals surface area contributed by atoms with Crippen LogP contribution in [0.1, 0.15) is 37.6 Å². The first kappa shape index (κ1) is 26.5. The van der Waals surface area contributed by atoms with Crippen molar-refractivity contribution in [2.45, 2.75) is 39.3 Å². The number of pyridine rings is 1. The Bertz CT molecular complexity index is 1330. The van der Waals surface area contributed by atoms with Gasteiger partial charge in [-0.15, -0.1) is 0 Å². The van der Waals surface area contributed by atoms with Crippen LogP contribution in [0.15, 0.2) is 36.5 Å². The number of carbonyl (C=O) groups is 1. The Balaban J connectivity index is 1.55. The van der Waals surface area contributed by atoms with Gasteiger partial charge in [0.2, 0.25) is 5.95 Å². The molecule has 0 bridgehead atoms. The second kappa shape index (κ2) is 11.2. The quantitative estimate of drug-likeness (QED) is 0.392. The Kier molecular flexibility index (Phi) is 8.00. The lowest BCUT2D eigenvalue weighted by Gasteiger charge is -2.31. The average molecular weight is 540 g/mol. The van der Waals surface area contributed by atoms with Crippen molar-refractivity contribution in [2.75, 3.05) is 30.3 Å². The highest BCUT2D eigenvalue weighted by Gasteiger charge is 2.29. The maximum Gasteiger partial charge on any atom is 0.410 e. The van der Waals surface area contributed by atoms with E-state index in [0.29, 0.717) is 71.2 Å². The molecule has 0 fully saturated rings. The van der Waals surface area contributed by atoms with Gasteiger partial charge in [-0.3, -0.25) is 0 Å². The summed E-state index contributed by atoms with van der Waals surface area (Å²) in [6.45, 7) is 7.41. The molecule has 0 spiro atoms. The summed E-state index contributed by atoms with van der Waals surface area (Å²) < 4.78 is 5.58. The molecule has 1 aliphatic rings. The van der Waals surface area contributed by atoms with E-state index < -0.39 is 5.60 Å². The third-order valence-electron chi connectivity index (χ3n) is 5.51. The van der Waals surface area contributed by atoms with Gasteiger partial charge in [0.1, 0.15) is 17.5 Å². The smallest absolute Gasteiger partial charge is 0.410 e. The molecule has 1 aromatic carbocycles. The van der Waals surface area contributed by atoms with E-state index in [4.69, 9.17) is 43.2 Å². The lowest BCUT2D eigenvalue weighted by Crippen LogP contribution is -2.40. The predicted octanol–water partition coefficient (Wildman–Crippen LogP) is 5.53. The van der Waals surface area contributed by atoms with Gasteiger partial charge in [-0.1, -0.05) is 23.2 Å². The summed E-state index contributed by atoms with van der Waals surface area (Å²) in [7, 11) is 0. The summed E-state index contributed by atoms with van der Waals surface area (Å²) in [5.41, 5.74) is 2.94. The molecular weight excluding hydrogens is 513 g/mol. The monoisotopic (exact) mass is 539 g/mol. The molecule has 3 heterocycles. The minimum atomic E-state index is -0.592. The maximum atomic E-state index is 12.8. The Morgan fingerprint density at radius 3 is 2.62 bits per heavy atom. The van der Waals surface area contributed by atoms with Crippen molar-refractivity contribution in [3.8, 4) is 17.3 Å². The summed E-state index contributed by atoms with van der Waals surface area (Å²) in [5.74, 6) is 1.13. The largest absolute Gasteiger partial charge is 0.444 e. The second-order valence-electron chi connectivity index (χ2n) is 9.49. The maximum absolute atomic E-state index is 12.8. The van der Waals surface area contributed by atoms with Crippen LogP contribution in [0.2, 0.25) is 10.0 Å². The Labute approximate surface area is 225 Å². The number of carbonyl (C=O) groups excluding carboxylic acids is 1. The highest BCUT2D eigenvalue weighted by atomic mass is 35.5. The van der Waals surface area contributed by atoms with Crippen LogP contribution in [0.25, 0.3) is 11.3 Å². The zero-order valence-corrected chi connectivity index (χ0v) is 22.3. The summed E-state index contributed by atoms with van der Waals surface area (Å²) in [6, 6.07) is 10.8. The molecule has 0 aliphatic carbocycles. The molecule has 0 radical (unpaired) electrons. The van der Waals surface area contributed by atoms with E-state index in [1.165, 1.54) is 6.20 Å². The summed E-state index contributed by atoms with van der Waals surface area (Å²) >= 11 is 12.7. The topological polar surface area (TPSA) is 116 Å². The average Bonchev–Trinajstić information content (AvgIpc) is 2.85. The summed E-state index contributed by atoms with van der Waals surface area (Å²) in [5, 5.41) is 16.3. The van der Waals surface area contributed by atoms with Gasteiger partial charge in [0.15, 0.2) is 0 Å². The number of nitrogens with one attached hydrogen (secondary N) is 2. The van der Waals surface area contributed by atoms with Gasteiger partial charge in [-0.25, -0.2) is 19.7 Å². The number of hydrogen-bond donors (Lipinski definition) is 2. The highest BCUT2D eigenvalue weighted by molar-refractivity contribution is 6.36. The second-order valence-corrected chi connectivity index (χ2v) is 10.3. The number of benzene rings is 1. The molecule has 1 aliphatic heterocycles. The van der Waals surface area contributed by atoms with E-state index in [1.54, 1.807) is 29.2 Å². The molecule has 2 aromatic heterocycles. The van der Waals surface area contributed by atoms with Crippen LogP contribution in [0.3, 0.4) is 0 Å². The first-order valence-electron chi connectivity index (χ1n) is 11.8. The zero-order valence-electron chi connectivity index (χ0n) is 20.8. The number of nitrogens with zero attached hydrogens (tertiary/aromatic N) is 5. The van der Waals surface area contributed by atoms with Crippen LogP contribution in [-0.2, 0) is 17.7 Å². The molecule has 3 aromatic rings. The molecule has 192 valence electrons. The van der Waals surface area contributed by atoms with Crippen LogP contribution in [0.4, 0.5) is 16.6 Å². The Morgan fingerprint density at radius 1 is 1.16 bits per heavy atom. The van der Waals surface area contributed by atoms with Crippen LogP contribution in [-0.4, -0.2) is 51.2 Å². The van der Waals surface area contributed by atoms with Crippen molar-refractivity contribution >= 4 is 41.1 Å². The zero-order chi connectivity index (χ0) is 26.6. The number of anilines is 2. The van der Waals surface area contributed by atoms with E-state index >= 15 is 0 Å². The SMILES string of the molecule is CC(C)(C)OC(=O)N1CCc2nc(NCCNc3ccc(C#N)cn3)nc(-c3ccc(Cl)cc3Cl)c2C1. The van der Waals surface area contributed by atoms with E-state index in [2.05, 4.69) is 15.6 Å². The number of amides is 1. The fourth-order valence-electron chi connectivity index (χ4n) is 3.81. The third kappa shape index (κ3) is 6.79. The minimum Gasteiger partial charge on any atom is -0.444 e. The van der Waals surface area contributed by atoms with Gasteiger partial charge in [0.25, 0.3) is 0 Å². The molecule has 0 atom stereocenters. The highest BCUT2D eigenvalue weighted by Crippen LogP contribution is 2.35. The Morgan fingerprint density at radius 2 is 1.95 bits per heavy atom. The van der Waals surface area contributed by atoms with Crippen LogP contribution in [0.5, 0.6) is 0 Å². The molecule has 37 heavy (non-hydrogen) atoms. The van der Waals surface area contributed by atoms with E-state index in [1.807, 2.05) is 32.9 Å². The number of aromatic nitrogens is 3. The van der Waals surface area contributed by atoms with Gasteiger partial charge in [0.05, 0.1) is 28.5 Å². The standard InChI is InChI=1S/C26H27Cl2N7O2/c1-26(2,3)37-25(36)35-11-8-21-19(15-35)23(18-6-5-17(27)12-20(18)28)34-24(33-21)31-10-9-30-22-7-4-16(13-29)14-32-22/h4-7,12,14H,8-11,15H2,1-3H3,(H,30,32)(H,31,33,34). The molecular formula is C26H27Cl2N7O2. The molecule has 0 saturated carbocycles. The first-order valence-corrected chi connectivity index (χ1v) is 12.6. The summed E-state index contributed by atoms with van der Waals surface area (Å²) in [4.78, 5) is 28.1. The number of hydrogen-bond acceptors (Lipinski definition) is 8. The van der Waals surface area contributed by atoms with Crippen LogP contribution < -0.4 is 10.6 Å². The lowest BCUT2D eigenvalue weighted by atomic mass is 9.99. The number of nitriles is 1. The van der Waals surface area contributed by atoms with Crippen molar-refractivity contribution in [3.63, 3.8) is 0 Å². The molecule has 0 saturated heterocycles. The number of fused-ring (bicyclic) bond motifs is 1.